The summed E-state index contributed by atoms with van der Waals surface area (Å²) in [5, 5.41) is 11.0. The molecule has 0 saturated carbocycles. The van der Waals surface area contributed by atoms with Crippen molar-refractivity contribution in [3.63, 3.8) is 0 Å². The van der Waals surface area contributed by atoms with E-state index in [1.807, 2.05) is 34.2 Å². The Bertz CT molecular complexity index is 917. The van der Waals surface area contributed by atoms with E-state index in [1.165, 1.54) is 0 Å². The third-order valence-electron chi connectivity index (χ3n) is 4.72. The first-order valence-electron chi connectivity index (χ1n) is 9.43. The fourth-order valence-corrected chi connectivity index (χ4v) is 3.94. The molecule has 8 nitrogen and oxygen atoms in total. The Morgan fingerprint density at radius 3 is 2.82 bits per heavy atom. The number of piperazine rings is 1. The van der Waals surface area contributed by atoms with E-state index in [9.17, 15) is 4.79 Å². The molecule has 146 valence electrons. The highest BCUT2D eigenvalue weighted by molar-refractivity contribution is 7.13. The second kappa shape index (κ2) is 8.47. The van der Waals surface area contributed by atoms with E-state index in [4.69, 9.17) is 4.42 Å². The highest BCUT2D eigenvalue weighted by atomic mass is 32.1. The Morgan fingerprint density at radius 2 is 2.11 bits per heavy atom. The molecule has 1 aliphatic heterocycles. The number of carbonyl (C=O) groups is 1. The van der Waals surface area contributed by atoms with Gasteiger partial charge in [0.05, 0.1) is 5.69 Å². The normalized spacial score (nSPS) is 14.5. The van der Waals surface area contributed by atoms with Crippen LogP contribution in [0, 0.1) is 0 Å². The van der Waals surface area contributed by atoms with Gasteiger partial charge in [0, 0.05) is 62.4 Å². The Balaban J connectivity index is 1.26. The average molecular weight is 398 g/mol. The maximum absolute atomic E-state index is 12.6. The lowest BCUT2D eigenvalue weighted by atomic mass is 10.2. The molecular weight excluding hydrogens is 376 g/mol. The maximum atomic E-state index is 12.6. The molecule has 1 aliphatic rings. The van der Waals surface area contributed by atoms with Crippen LogP contribution in [0.3, 0.4) is 0 Å². The van der Waals surface area contributed by atoms with Crippen LogP contribution in [0.4, 0.5) is 6.01 Å². The molecule has 0 unspecified atom stereocenters. The van der Waals surface area contributed by atoms with Crippen LogP contribution in [0.1, 0.15) is 24.9 Å². The number of amides is 1. The summed E-state index contributed by atoms with van der Waals surface area (Å²) in [4.78, 5) is 25.3. The molecule has 3 aromatic heterocycles. The molecule has 4 heterocycles. The van der Waals surface area contributed by atoms with Crippen LogP contribution in [-0.4, -0.2) is 57.2 Å². The van der Waals surface area contributed by atoms with Gasteiger partial charge in [-0.3, -0.25) is 9.78 Å². The van der Waals surface area contributed by atoms with Gasteiger partial charge in [-0.15, -0.1) is 16.4 Å². The molecule has 9 heteroatoms. The third kappa shape index (κ3) is 4.19. The van der Waals surface area contributed by atoms with E-state index in [2.05, 4.69) is 20.2 Å². The van der Waals surface area contributed by atoms with Crippen LogP contribution in [0.5, 0.6) is 0 Å². The second-order valence-electron chi connectivity index (χ2n) is 6.59. The zero-order valence-corrected chi connectivity index (χ0v) is 16.6. The minimum Gasteiger partial charge on any atom is -0.408 e. The Labute approximate surface area is 167 Å². The van der Waals surface area contributed by atoms with E-state index in [-0.39, 0.29) is 5.91 Å². The third-order valence-corrected chi connectivity index (χ3v) is 5.66. The molecular formula is C19H22N6O2S. The molecule has 3 aromatic rings. The van der Waals surface area contributed by atoms with Crippen LogP contribution in [0.15, 0.2) is 34.3 Å². The summed E-state index contributed by atoms with van der Waals surface area (Å²) in [6.07, 6.45) is 5.40. The Kier molecular flexibility index (Phi) is 5.61. The van der Waals surface area contributed by atoms with Crippen molar-refractivity contribution in [2.24, 2.45) is 0 Å². The number of carbonyl (C=O) groups excluding carboxylic acids is 1. The molecule has 0 radical (unpaired) electrons. The van der Waals surface area contributed by atoms with E-state index in [1.54, 1.807) is 23.7 Å². The number of aryl methyl sites for hydroxylation is 2. The van der Waals surface area contributed by atoms with Crippen molar-refractivity contribution in [1.29, 1.82) is 0 Å². The summed E-state index contributed by atoms with van der Waals surface area (Å²) >= 11 is 1.59. The smallest absolute Gasteiger partial charge is 0.318 e. The van der Waals surface area contributed by atoms with Gasteiger partial charge in [0.25, 0.3) is 0 Å². The number of aromatic nitrogens is 4. The fraction of sp³-hybridized carbons (Fsp3) is 0.421. The standard InChI is InChI=1S/C19H22N6O2S/c1-2-16-22-23-19(27-16)25-10-8-24(9-11-25)17(26)6-5-15-13-28-18(21-15)14-4-3-7-20-12-14/h3-4,7,12-13H,2,5-6,8-11H2,1H3. The summed E-state index contributed by atoms with van der Waals surface area (Å²) in [5.41, 5.74) is 1.96. The zero-order valence-electron chi connectivity index (χ0n) is 15.7. The minimum atomic E-state index is 0.162. The molecule has 0 spiro atoms. The zero-order chi connectivity index (χ0) is 19.3. The number of nitrogens with zero attached hydrogens (tertiary/aromatic N) is 6. The average Bonchev–Trinajstić information content (AvgIpc) is 3.42. The monoisotopic (exact) mass is 398 g/mol. The van der Waals surface area contributed by atoms with Crippen LogP contribution < -0.4 is 4.90 Å². The van der Waals surface area contributed by atoms with Crippen LogP contribution in [0.25, 0.3) is 10.6 Å². The molecule has 28 heavy (non-hydrogen) atoms. The van der Waals surface area contributed by atoms with E-state index >= 15 is 0 Å². The maximum Gasteiger partial charge on any atom is 0.318 e. The van der Waals surface area contributed by atoms with Gasteiger partial charge in [-0.2, -0.15) is 0 Å². The topological polar surface area (TPSA) is 88.3 Å². The minimum absolute atomic E-state index is 0.162. The van der Waals surface area contributed by atoms with Gasteiger partial charge in [0.1, 0.15) is 5.01 Å². The molecule has 0 aliphatic carbocycles. The predicted octanol–water partition coefficient (Wildman–Crippen LogP) is 2.43. The van der Waals surface area contributed by atoms with Gasteiger partial charge < -0.3 is 14.2 Å². The van der Waals surface area contributed by atoms with Crippen molar-refractivity contribution in [2.45, 2.75) is 26.2 Å². The number of pyridine rings is 1. The van der Waals surface area contributed by atoms with Crippen LogP contribution in [0.2, 0.25) is 0 Å². The number of hydrogen-bond acceptors (Lipinski definition) is 8. The molecule has 0 bridgehead atoms. The summed E-state index contributed by atoms with van der Waals surface area (Å²) in [5.74, 6) is 0.803. The highest BCUT2D eigenvalue weighted by Crippen LogP contribution is 2.23. The van der Waals surface area contributed by atoms with Crippen molar-refractivity contribution in [1.82, 2.24) is 25.1 Å². The highest BCUT2D eigenvalue weighted by Gasteiger charge is 2.24. The molecule has 1 amide bonds. The first kappa shape index (κ1) is 18.5. The molecule has 0 aromatic carbocycles. The van der Waals surface area contributed by atoms with Crippen molar-refractivity contribution in [3.8, 4) is 10.6 Å². The fourth-order valence-electron chi connectivity index (χ4n) is 3.10. The number of anilines is 1. The van der Waals surface area contributed by atoms with Gasteiger partial charge in [-0.05, 0) is 18.6 Å². The molecule has 4 rings (SSSR count). The van der Waals surface area contributed by atoms with Crippen molar-refractivity contribution < 1.29 is 9.21 Å². The summed E-state index contributed by atoms with van der Waals surface area (Å²) in [6.45, 7) is 4.73. The van der Waals surface area contributed by atoms with E-state index in [0.717, 1.165) is 22.7 Å². The van der Waals surface area contributed by atoms with Crippen molar-refractivity contribution in [3.05, 3.63) is 41.5 Å². The van der Waals surface area contributed by atoms with E-state index in [0.29, 0.717) is 50.9 Å². The van der Waals surface area contributed by atoms with Crippen molar-refractivity contribution >= 4 is 23.3 Å². The van der Waals surface area contributed by atoms with E-state index < -0.39 is 0 Å². The van der Waals surface area contributed by atoms with Crippen LogP contribution >= 0.6 is 11.3 Å². The van der Waals surface area contributed by atoms with Crippen LogP contribution in [-0.2, 0) is 17.6 Å². The van der Waals surface area contributed by atoms with Gasteiger partial charge in [0.15, 0.2) is 0 Å². The Hall–Kier alpha value is -2.81. The Morgan fingerprint density at radius 1 is 1.25 bits per heavy atom. The SMILES string of the molecule is CCc1nnc(N2CCN(C(=O)CCc3csc(-c4cccnc4)n3)CC2)o1. The predicted molar refractivity (Wildman–Crippen MR) is 106 cm³/mol. The molecule has 1 fully saturated rings. The van der Waals surface area contributed by atoms with Gasteiger partial charge in [0.2, 0.25) is 11.8 Å². The first-order chi connectivity index (χ1) is 13.7. The number of thiazole rings is 1. The van der Waals surface area contributed by atoms with Gasteiger partial charge in [-0.1, -0.05) is 12.0 Å². The first-order valence-corrected chi connectivity index (χ1v) is 10.3. The second-order valence-corrected chi connectivity index (χ2v) is 7.44. The largest absolute Gasteiger partial charge is 0.408 e. The number of rotatable bonds is 6. The summed E-state index contributed by atoms with van der Waals surface area (Å²) in [6, 6.07) is 4.44. The lowest BCUT2D eigenvalue weighted by molar-refractivity contribution is -0.131. The molecule has 0 atom stereocenters. The summed E-state index contributed by atoms with van der Waals surface area (Å²) in [7, 11) is 0. The van der Waals surface area contributed by atoms with Crippen molar-refractivity contribution in [2.75, 3.05) is 31.1 Å². The molecule has 0 N–H and O–H groups in total. The lowest BCUT2D eigenvalue weighted by Gasteiger charge is -2.33. The quantitative estimate of drug-likeness (QED) is 0.630. The van der Waals surface area contributed by atoms with Gasteiger partial charge >= 0.3 is 6.01 Å². The van der Waals surface area contributed by atoms with Gasteiger partial charge in [-0.25, -0.2) is 4.98 Å². The number of hydrogen-bond donors (Lipinski definition) is 0. The lowest BCUT2D eigenvalue weighted by Crippen LogP contribution is -2.49. The molecule has 1 saturated heterocycles. The summed E-state index contributed by atoms with van der Waals surface area (Å²) < 4.78 is 5.60.